The van der Waals surface area contributed by atoms with E-state index in [1.807, 2.05) is 6.92 Å². The van der Waals surface area contributed by atoms with Crippen LogP contribution in [0.2, 0.25) is 0 Å². The first-order chi connectivity index (χ1) is 5.54. The van der Waals surface area contributed by atoms with E-state index in [-0.39, 0.29) is 12.5 Å². The maximum atomic E-state index is 11.2. The van der Waals surface area contributed by atoms with Crippen molar-refractivity contribution in [3.8, 4) is 0 Å². The van der Waals surface area contributed by atoms with E-state index in [4.69, 9.17) is 5.73 Å². The minimum atomic E-state index is -0.601. The standard InChI is InChI=1S/C8H15N3O/c1-4-10-6-11-7(12)8(2,3)5-9/h4-5,9H2,1-3H3. The van der Waals surface area contributed by atoms with Gasteiger partial charge >= 0.3 is 0 Å². The second-order valence-corrected chi connectivity index (χ2v) is 3.08. The van der Waals surface area contributed by atoms with Crippen LogP contribution in [0.1, 0.15) is 20.8 Å². The Hall–Kier alpha value is -0.990. The van der Waals surface area contributed by atoms with Crippen molar-refractivity contribution < 1.29 is 4.79 Å². The lowest BCUT2D eigenvalue weighted by atomic mass is 9.93. The highest BCUT2D eigenvalue weighted by atomic mass is 16.1. The van der Waals surface area contributed by atoms with Crippen molar-refractivity contribution in [3.05, 3.63) is 0 Å². The molecule has 0 spiro atoms. The molecule has 0 aliphatic carbocycles. The van der Waals surface area contributed by atoms with Crippen LogP contribution < -0.4 is 5.73 Å². The van der Waals surface area contributed by atoms with Crippen LogP contribution in [0, 0.1) is 5.41 Å². The molecule has 0 fully saturated rings. The molecular weight excluding hydrogens is 154 g/mol. The summed E-state index contributed by atoms with van der Waals surface area (Å²) in [5.74, 6) is -0.276. The van der Waals surface area contributed by atoms with Gasteiger partial charge in [-0.15, -0.1) is 4.99 Å². The number of nitrogens with zero attached hydrogens (tertiary/aromatic N) is 2. The molecule has 0 saturated heterocycles. The number of amides is 1. The molecule has 0 bridgehead atoms. The normalized spacial score (nSPS) is 10.3. The number of hydrogen-bond acceptors (Lipinski definition) is 3. The fourth-order valence-electron chi connectivity index (χ4n) is 0.390. The van der Waals surface area contributed by atoms with Gasteiger partial charge in [-0.2, -0.15) is 0 Å². The lowest BCUT2D eigenvalue weighted by Crippen LogP contribution is -2.31. The fourth-order valence-corrected chi connectivity index (χ4v) is 0.390. The van der Waals surface area contributed by atoms with E-state index in [9.17, 15) is 4.79 Å². The van der Waals surface area contributed by atoms with Gasteiger partial charge in [-0.1, -0.05) is 0 Å². The van der Waals surface area contributed by atoms with E-state index in [0.29, 0.717) is 6.54 Å². The van der Waals surface area contributed by atoms with Gasteiger partial charge in [0.05, 0.1) is 11.4 Å². The number of carbonyl (C=O) groups is 1. The average Bonchev–Trinajstić information content (AvgIpc) is 2.05. The van der Waals surface area contributed by atoms with E-state index < -0.39 is 5.41 Å². The number of rotatable bonds is 3. The zero-order valence-electron chi connectivity index (χ0n) is 7.79. The summed E-state index contributed by atoms with van der Waals surface area (Å²) < 4.78 is 0. The van der Waals surface area contributed by atoms with Crippen LogP contribution in [0.3, 0.4) is 0 Å². The highest BCUT2D eigenvalue weighted by Crippen LogP contribution is 2.13. The third-order valence-corrected chi connectivity index (χ3v) is 1.47. The number of aliphatic imine (C=N–C) groups is 2. The second-order valence-electron chi connectivity index (χ2n) is 3.08. The average molecular weight is 169 g/mol. The van der Waals surface area contributed by atoms with Crippen molar-refractivity contribution in [3.63, 3.8) is 0 Å². The SMILES string of the molecule is CCN=C=NC(=O)C(C)(C)CN. The first-order valence-corrected chi connectivity index (χ1v) is 3.91. The molecule has 0 unspecified atom stereocenters. The zero-order valence-corrected chi connectivity index (χ0v) is 7.79. The molecule has 2 N–H and O–H groups in total. The maximum absolute atomic E-state index is 11.2. The number of hydrogen-bond donors (Lipinski definition) is 1. The lowest BCUT2D eigenvalue weighted by molar-refractivity contribution is -0.125. The Morgan fingerprint density at radius 3 is 2.58 bits per heavy atom. The topological polar surface area (TPSA) is 67.8 Å². The minimum Gasteiger partial charge on any atom is -0.329 e. The van der Waals surface area contributed by atoms with Crippen molar-refractivity contribution in [1.29, 1.82) is 0 Å². The van der Waals surface area contributed by atoms with E-state index >= 15 is 0 Å². The smallest absolute Gasteiger partial charge is 0.262 e. The summed E-state index contributed by atoms with van der Waals surface area (Å²) in [7, 11) is 0. The van der Waals surface area contributed by atoms with Crippen LogP contribution in [0.4, 0.5) is 0 Å². The monoisotopic (exact) mass is 169 g/mol. The molecule has 0 aromatic heterocycles. The van der Waals surface area contributed by atoms with Gasteiger partial charge in [0.2, 0.25) is 0 Å². The van der Waals surface area contributed by atoms with Gasteiger partial charge in [-0.05, 0) is 20.8 Å². The summed E-state index contributed by atoms with van der Waals surface area (Å²) in [5, 5.41) is 0. The first-order valence-electron chi connectivity index (χ1n) is 3.91. The largest absolute Gasteiger partial charge is 0.329 e. The van der Waals surface area contributed by atoms with Gasteiger partial charge in [0.1, 0.15) is 0 Å². The molecule has 1 amide bonds. The Morgan fingerprint density at radius 1 is 1.58 bits per heavy atom. The molecule has 12 heavy (non-hydrogen) atoms. The molecule has 0 aromatic rings. The van der Waals surface area contributed by atoms with Crippen LogP contribution in [-0.2, 0) is 4.79 Å². The molecular formula is C8H15N3O. The number of carbonyl (C=O) groups excluding carboxylic acids is 1. The molecule has 68 valence electrons. The van der Waals surface area contributed by atoms with E-state index in [2.05, 4.69) is 16.0 Å². The van der Waals surface area contributed by atoms with Crippen molar-refractivity contribution in [2.24, 2.45) is 21.1 Å². The zero-order chi connectivity index (χ0) is 9.61. The third kappa shape index (κ3) is 3.42. The minimum absolute atomic E-state index is 0.276. The highest BCUT2D eigenvalue weighted by molar-refractivity contribution is 5.87. The second kappa shape index (κ2) is 4.80. The van der Waals surface area contributed by atoms with Crippen LogP contribution in [0.15, 0.2) is 9.98 Å². The third-order valence-electron chi connectivity index (χ3n) is 1.47. The highest BCUT2D eigenvalue weighted by Gasteiger charge is 2.24. The summed E-state index contributed by atoms with van der Waals surface area (Å²) in [6.07, 6.45) is 0. The Labute approximate surface area is 72.6 Å². The molecule has 0 aromatic carbocycles. The van der Waals surface area contributed by atoms with E-state index in [1.54, 1.807) is 13.8 Å². The van der Waals surface area contributed by atoms with Crippen molar-refractivity contribution in [1.82, 2.24) is 0 Å². The summed E-state index contributed by atoms with van der Waals surface area (Å²) in [6, 6.07) is 2.32. The molecule has 4 nitrogen and oxygen atoms in total. The van der Waals surface area contributed by atoms with Gasteiger partial charge in [0.25, 0.3) is 5.91 Å². The van der Waals surface area contributed by atoms with Crippen LogP contribution in [0.5, 0.6) is 0 Å². The van der Waals surface area contributed by atoms with Crippen LogP contribution >= 0.6 is 0 Å². The fraction of sp³-hybridized carbons (Fsp3) is 0.750. The Morgan fingerprint density at radius 2 is 2.17 bits per heavy atom. The molecule has 0 rings (SSSR count). The summed E-state index contributed by atoms with van der Waals surface area (Å²) in [5.41, 5.74) is 4.77. The molecule has 0 atom stereocenters. The quantitative estimate of drug-likeness (QED) is 0.631. The van der Waals surface area contributed by atoms with Crippen molar-refractivity contribution in [2.45, 2.75) is 20.8 Å². The van der Waals surface area contributed by atoms with Gasteiger partial charge in [-0.3, -0.25) is 4.79 Å². The first kappa shape index (κ1) is 11.0. The van der Waals surface area contributed by atoms with Gasteiger partial charge in [0, 0.05) is 13.1 Å². The summed E-state index contributed by atoms with van der Waals surface area (Å²) in [4.78, 5) is 18.4. The molecule has 0 heterocycles. The predicted molar refractivity (Wildman–Crippen MR) is 48.2 cm³/mol. The van der Waals surface area contributed by atoms with Gasteiger partial charge < -0.3 is 5.73 Å². The summed E-state index contributed by atoms with van der Waals surface area (Å²) in [6.45, 7) is 6.20. The van der Waals surface area contributed by atoms with Gasteiger partial charge in [-0.25, -0.2) is 4.99 Å². The molecule has 0 aliphatic heterocycles. The Balaban J connectivity index is 4.32. The van der Waals surface area contributed by atoms with Crippen LogP contribution in [-0.4, -0.2) is 25.0 Å². The molecule has 4 heteroatoms. The lowest BCUT2D eigenvalue weighted by Gasteiger charge is -2.15. The van der Waals surface area contributed by atoms with Crippen LogP contribution in [0.25, 0.3) is 0 Å². The van der Waals surface area contributed by atoms with Crippen molar-refractivity contribution >= 4 is 11.9 Å². The van der Waals surface area contributed by atoms with Gasteiger partial charge in [0.15, 0.2) is 0 Å². The molecule has 0 radical (unpaired) electrons. The predicted octanol–water partition coefficient (Wildman–Crippen LogP) is 0.692. The summed E-state index contributed by atoms with van der Waals surface area (Å²) >= 11 is 0. The van der Waals surface area contributed by atoms with Crippen molar-refractivity contribution in [2.75, 3.05) is 13.1 Å². The Bertz CT molecular complexity index is 214. The molecule has 0 saturated carbocycles. The Kier molecular flexibility index (Phi) is 4.40. The maximum Gasteiger partial charge on any atom is 0.262 e. The van der Waals surface area contributed by atoms with E-state index in [0.717, 1.165) is 0 Å². The molecule has 0 aliphatic rings. The van der Waals surface area contributed by atoms with E-state index in [1.165, 1.54) is 0 Å². The number of nitrogens with two attached hydrogens (primary N) is 1.